The summed E-state index contributed by atoms with van der Waals surface area (Å²) in [4.78, 5) is 5.89. The van der Waals surface area contributed by atoms with E-state index in [9.17, 15) is 0 Å². The zero-order valence-electron chi connectivity index (χ0n) is 15.8. The van der Waals surface area contributed by atoms with Gasteiger partial charge in [0.25, 0.3) is 0 Å². The molecule has 0 aliphatic rings. The van der Waals surface area contributed by atoms with Gasteiger partial charge < -0.3 is 13.3 Å². The summed E-state index contributed by atoms with van der Waals surface area (Å²) in [5, 5.41) is 0. The molecule has 3 unspecified atom stereocenters. The van der Waals surface area contributed by atoms with Gasteiger partial charge in [-0.2, -0.15) is 0 Å². The second-order valence-corrected chi connectivity index (χ2v) is 8.04. The Balaban J connectivity index is 5.46. The molecular formula is C15H33N3O3Si. The van der Waals surface area contributed by atoms with Crippen LogP contribution in [0.3, 0.4) is 0 Å². The van der Waals surface area contributed by atoms with Gasteiger partial charge in [0.1, 0.15) is 18.7 Å². The third kappa shape index (κ3) is 7.20. The van der Waals surface area contributed by atoms with Crippen molar-refractivity contribution in [3.63, 3.8) is 0 Å². The predicted octanol–water partition coefficient (Wildman–Crippen LogP) is 1.26. The number of hydrogen-bond acceptors (Lipinski definition) is 6. The molecule has 0 aromatic rings. The highest BCUT2D eigenvalue weighted by Gasteiger charge is 2.46. The van der Waals surface area contributed by atoms with Crippen molar-refractivity contribution in [3.05, 3.63) is 0 Å². The molecule has 7 heteroatoms. The van der Waals surface area contributed by atoms with E-state index in [0.717, 1.165) is 0 Å². The van der Waals surface area contributed by atoms with Gasteiger partial charge >= 0.3 is 8.80 Å². The smallest absolute Gasteiger partial charge is 0.348 e. The minimum absolute atomic E-state index is 0.156. The van der Waals surface area contributed by atoms with Crippen LogP contribution in [0.4, 0.5) is 0 Å². The molecule has 3 atom stereocenters. The lowest BCUT2D eigenvalue weighted by Crippen LogP contribution is -2.56. The van der Waals surface area contributed by atoms with E-state index in [4.69, 9.17) is 13.3 Å². The molecule has 0 aliphatic carbocycles. The Hall–Kier alpha value is -0.463. The first-order valence-electron chi connectivity index (χ1n) is 7.51. The van der Waals surface area contributed by atoms with Crippen molar-refractivity contribution in [2.75, 3.05) is 42.3 Å². The molecule has 0 saturated heterocycles. The van der Waals surface area contributed by atoms with Gasteiger partial charge in [-0.25, -0.2) is 0 Å². The monoisotopic (exact) mass is 331 g/mol. The van der Waals surface area contributed by atoms with Gasteiger partial charge in [-0.15, -0.1) is 5.92 Å². The first-order valence-corrected chi connectivity index (χ1v) is 9.23. The van der Waals surface area contributed by atoms with Crippen LogP contribution in [0.2, 0.25) is 0 Å². The van der Waals surface area contributed by atoms with Gasteiger partial charge in [0.05, 0.1) is 0 Å². The van der Waals surface area contributed by atoms with Crippen LogP contribution in [-0.4, -0.2) is 84.5 Å². The summed E-state index contributed by atoms with van der Waals surface area (Å²) in [7, 11) is 8.55. The van der Waals surface area contributed by atoms with Gasteiger partial charge in [0.15, 0.2) is 0 Å². The van der Waals surface area contributed by atoms with Crippen LogP contribution < -0.4 is 0 Å². The molecule has 0 radical (unpaired) electrons. The first kappa shape index (κ1) is 21.5. The predicted molar refractivity (Wildman–Crippen MR) is 91.9 cm³/mol. The third-order valence-electron chi connectivity index (χ3n) is 3.44. The molecule has 0 aromatic carbocycles. The summed E-state index contributed by atoms with van der Waals surface area (Å²) in [6.45, 7) is 7.67. The van der Waals surface area contributed by atoms with Gasteiger partial charge in [0.2, 0.25) is 0 Å². The minimum Gasteiger partial charge on any atom is -0.348 e. The lowest BCUT2D eigenvalue weighted by atomic mass is 10.6. The average molecular weight is 332 g/mol. The van der Waals surface area contributed by atoms with Crippen molar-refractivity contribution in [1.82, 2.24) is 14.7 Å². The van der Waals surface area contributed by atoms with Crippen LogP contribution in [0.1, 0.15) is 27.7 Å². The fourth-order valence-electron chi connectivity index (χ4n) is 1.31. The fourth-order valence-corrected chi connectivity index (χ4v) is 3.94. The lowest BCUT2D eigenvalue weighted by molar-refractivity contribution is -0.0775. The van der Waals surface area contributed by atoms with Crippen molar-refractivity contribution in [3.8, 4) is 11.5 Å². The standard InChI is InChI=1S/C15H33N3O3Si/c1-11-12-22(19-13(2)16(5)6,20-14(3)17(7)8)21-15(4)18(9)10/h13-15H,1-10H3. The summed E-state index contributed by atoms with van der Waals surface area (Å²) >= 11 is 0. The van der Waals surface area contributed by atoms with Crippen molar-refractivity contribution >= 4 is 8.80 Å². The topological polar surface area (TPSA) is 37.4 Å². The van der Waals surface area contributed by atoms with Crippen molar-refractivity contribution in [2.24, 2.45) is 0 Å². The van der Waals surface area contributed by atoms with Crippen LogP contribution in [0.5, 0.6) is 0 Å². The minimum atomic E-state index is -3.16. The van der Waals surface area contributed by atoms with Crippen LogP contribution in [0, 0.1) is 11.5 Å². The van der Waals surface area contributed by atoms with Crippen LogP contribution >= 0.6 is 0 Å². The summed E-state index contributed by atoms with van der Waals surface area (Å²) in [5.74, 6) is 2.92. The second-order valence-electron chi connectivity index (χ2n) is 5.97. The maximum atomic E-state index is 6.18. The third-order valence-corrected chi connectivity index (χ3v) is 5.95. The first-order chi connectivity index (χ1) is 10.0. The van der Waals surface area contributed by atoms with Crippen LogP contribution in [0.25, 0.3) is 0 Å². The second kappa shape index (κ2) is 9.63. The number of nitrogens with zero attached hydrogens (tertiary/aromatic N) is 3. The maximum Gasteiger partial charge on any atom is 0.595 e. The molecule has 0 fully saturated rings. The zero-order valence-corrected chi connectivity index (χ0v) is 16.8. The zero-order chi connectivity index (χ0) is 17.5. The average Bonchev–Trinajstić information content (AvgIpc) is 2.38. The molecule has 6 nitrogen and oxygen atoms in total. The highest BCUT2D eigenvalue weighted by Crippen LogP contribution is 2.19. The Kier molecular flexibility index (Phi) is 9.42. The molecule has 130 valence electrons. The van der Waals surface area contributed by atoms with Crippen molar-refractivity contribution in [2.45, 2.75) is 46.4 Å². The van der Waals surface area contributed by atoms with Gasteiger partial charge in [-0.05, 0) is 75.5 Å². The molecule has 0 bridgehead atoms. The van der Waals surface area contributed by atoms with E-state index in [1.807, 2.05) is 77.8 Å². The summed E-state index contributed by atoms with van der Waals surface area (Å²) < 4.78 is 18.5. The molecule has 0 saturated carbocycles. The Labute approximate surface area is 137 Å². The Morgan fingerprint density at radius 1 is 0.682 bits per heavy atom. The lowest BCUT2D eigenvalue weighted by Gasteiger charge is -2.36. The van der Waals surface area contributed by atoms with E-state index >= 15 is 0 Å². The van der Waals surface area contributed by atoms with E-state index in [1.54, 1.807) is 6.92 Å². The number of rotatable bonds is 9. The van der Waals surface area contributed by atoms with E-state index in [0.29, 0.717) is 0 Å². The Bertz CT molecular complexity index is 339. The summed E-state index contributed by atoms with van der Waals surface area (Å²) in [6, 6.07) is 0. The molecule has 0 heterocycles. The van der Waals surface area contributed by atoms with Crippen molar-refractivity contribution < 1.29 is 13.3 Å². The highest BCUT2D eigenvalue weighted by molar-refractivity contribution is 6.69. The Morgan fingerprint density at radius 2 is 0.955 bits per heavy atom. The highest BCUT2D eigenvalue weighted by atomic mass is 28.4. The van der Waals surface area contributed by atoms with E-state index < -0.39 is 8.80 Å². The molecule has 0 spiro atoms. The molecule has 22 heavy (non-hydrogen) atoms. The van der Waals surface area contributed by atoms with Gasteiger partial charge in [-0.3, -0.25) is 14.7 Å². The molecule has 0 amide bonds. The van der Waals surface area contributed by atoms with E-state index in [-0.39, 0.29) is 18.7 Å². The van der Waals surface area contributed by atoms with Gasteiger partial charge in [0, 0.05) is 0 Å². The van der Waals surface area contributed by atoms with Crippen LogP contribution in [0.15, 0.2) is 0 Å². The molecule has 0 aromatic heterocycles. The summed E-state index contributed by atoms with van der Waals surface area (Å²) in [6.07, 6.45) is -0.469. The summed E-state index contributed by atoms with van der Waals surface area (Å²) in [5.41, 5.74) is 3.10. The van der Waals surface area contributed by atoms with Crippen LogP contribution in [-0.2, 0) is 13.3 Å². The van der Waals surface area contributed by atoms with Crippen molar-refractivity contribution in [1.29, 1.82) is 0 Å². The maximum absolute atomic E-state index is 6.18. The molecular weight excluding hydrogens is 298 g/mol. The quantitative estimate of drug-likeness (QED) is 0.360. The van der Waals surface area contributed by atoms with E-state index in [2.05, 4.69) is 11.5 Å². The van der Waals surface area contributed by atoms with E-state index in [1.165, 1.54) is 0 Å². The Morgan fingerprint density at radius 3 is 1.14 bits per heavy atom. The fraction of sp³-hybridized carbons (Fsp3) is 0.867. The molecule has 0 aliphatic heterocycles. The number of hydrogen-bond donors (Lipinski definition) is 0. The SMILES string of the molecule is CC#C[Si](OC(C)N(C)C)(OC(C)N(C)C)OC(C)N(C)C. The molecule has 0 N–H and O–H groups in total. The molecule has 0 rings (SSSR count). The van der Waals surface area contributed by atoms with Gasteiger partial charge in [-0.1, -0.05) is 0 Å². The largest absolute Gasteiger partial charge is 0.595 e. The normalized spacial score (nSPS) is 18.8.